The molecular formula is C15H30N2. The second-order valence-corrected chi connectivity index (χ2v) is 6.06. The fourth-order valence-electron chi connectivity index (χ4n) is 3.09. The highest BCUT2D eigenvalue weighted by molar-refractivity contribution is 4.87. The first-order valence-electron chi connectivity index (χ1n) is 7.78. The Kier molecular flexibility index (Phi) is 5.30. The fourth-order valence-corrected chi connectivity index (χ4v) is 3.09. The predicted molar refractivity (Wildman–Crippen MR) is 74.3 cm³/mol. The molecule has 100 valence electrons. The lowest BCUT2D eigenvalue weighted by atomic mass is 9.96. The summed E-state index contributed by atoms with van der Waals surface area (Å²) in [4.78, 5) is 2.83. The standard InChI is InChI=1S/C15H30N2/c1-3-13(4-2)11-17(15-5-6-15)12-14-7-9-16-10-8-14/h13-16H,3-12H2,1-2H3. The first-order valence-corrected chi connectivity index (χ1v) is 7.78. The van der Waals surface area contributed by atoms with Crippen molar-refractivity contribution in [3.05, 3.63) is 0 Å². The van der Waals surface area contributed by atoms with E-state index in [9.17, 15) is 0 Å². The summed E-state index contributed by atoms with van der Waals surface area (Å²) in [5.41, 5.74) is 0. The molecule has 0 atom stereocenters. The molecule has 1 saturated carbocycles. The predicted octanol–water partition coefficient (Wildman–Crippen LogP) is 2.89. The van der Waals surface area contributed by atoms with Crippen molar-refractivity contribution in [2.45, 2.75) is 58.4 Å². The summed E-state index contributed by atoms with van der Waals surface area (Å²) in [5.74, 6) is 1.89. The van der Waals surface area contributed by atoms with E-state index in [1.807, 2.05) is 0 Å². The molecule has 0 aromatic rings. The van der Waals surface area contributed by atoms with E-state index in [1.165, 1.54) is 64.7 Å². The van der Waals surface area contributed by atoms with Crippen LogP contribution < -0.4 is 5.32 Å². The average Bonchev–Trinajstić information content (AvgIpc) is 3.20. The molecule has 17 heavy (non-hydrogen) atoms. The van der Waals surface area contributed by atoms with E-state index in [4.69, 9.17) is 0 Å². The second-order valence-electron chi connectivity index (χ2n) is 6.06. The highest BCUT2D eigenvalue weighted by atomic mass is 15.2. The number of nitrogens with zero attached hydrogens (tertiary/aromatic N) is 1. The van der Waals surface area contributed by atoms with Crippen LogP contribution in [0.1, 0.15) is 52.4 Å². The fraction of sp³-hybridized carbons (Fsp3) is 1.00. The Morgan fingerprint density at radius 2 is 1.71 bits per heavy atom. The van der Waals surface area contributed by atoms with Crippen molar-refractivity contribution < 1.29 is 0 Å². The van der Waals surface area contributed by atoms with Crippen LogP contribution in [0.25, 0.3) is 0 Å². The van der Waals surface area contributed by atoms with Crippen molar-refractivity contribution in [3.8, 4) is 0 Å². The summed E-state index contributed by atoms with van der Waals surface area (Å²) >= 11 is 0. The molecule has 2 aliphatic rings. The molecule has 2 heteroatoms. The Bertz CT molecular complexity index is 203. The topological polar surface area (TPSA) is 15.3 Å². The second kappa shape index (κ2) is 6.75. The van der Waals surface area contributed by atoms with Crippen molar-refractivity contribution >= 4 is 0 Å². The van der Waals surface area contributed by atoms with Crippen LogP contribution in [0, 0.1) is 11.8 Å². The Labute approximate surface area is 107 Å². The van der Waals surface area contributed by atoms with E-state index < -0.39 is 0 Å². The van der Waals surface area contributed by atoms with Crippen LogP contribution in [-0.4, -0.2) is 37.1 Å². The third-order valence-electron chi connectivity index (χ3n) is 4.66. The van der Waals surface area contributed by atoms with Crippen LogP contribution in [0.3, 0.4) is 0 Å². The minimum absolute atomic E-state index is 0.928. The van der Waals surface area contributed by atoms with Gasteiger partial charge in [-0.1, -0.05) is 26.7 Å². The maximum atomic E-state index is 3.48. The SMILES string of the molecule is CCC(CC)CN(CC1CCNCC1)C1CC1. The Morgan fingerprint density at radius 3 is 2.24 bits per heavy atom. The molecule has 0 aromatic carbocycles. The van der Waals surface area contributed by atoms with E-state index in [0.717, 1.165) is 17.9 Å². The van der Waals surface area contributed by atoms with Crippen LogP contribution in [0.4, 0.5) is 0 Å². The first-order chi connectivity index (χ1) is 8.33. The third-order valence-corrected chi connectivity index (χ3v) is 4.66. The number of hydrogen-bond acceptors (Lipinski definition) is 2. The monoisotopic (exact) mass is 238 g/mol. The minimum atomic E-state index is 0.928. The molecule has 1 heterocycles. The van der Waals surface area contributed by atoms with E-state index in [0.29, 0.717) is 0 Å². The highest BCUT2D eigenvalue weighted by Crippen LogP contribution is 2.30. The first kappa shape index (κ1) is 13.4. The van der Waals surface area contributed by atoms with Crippen LogP contribution in [-0.2, 0) is 0 Å². The Balaban J connectivity index is 1.79. The van der Waals surface area contributed by atoms with Gasteiger partial charge >= 0.3 is 0 Å². The third kappa shape index (κ3) is 4.26. The molecule has 2 nitrogen and oxygen atoms in total. The summed E-state index contributed by atoms with van der Waals surface area (Å²) < 4.78 is 0. The van der Waals surface area contributed by atoms with Gasteiger partial charge in [-0.2, -0.15) is 0 Å². The quantitative estimate of drug-likeness (QED) is 0.733. The molecule has 0 bridgehead atoms. The summed E-state index contributed by atoms with van der Waals surface area (Å²) in [5, 5.41) is 3.48. The van der Waals surface area contributed by atoms with Gasteiger partial charge < -0.3 is 5.32 Å². The van der Waals surface area contributed by atoms with Gasteiger partial charge in [0, 0.05) is 19.1 Å². The lowest BCUT2D eigenvalue weighted by molar-refractivity contribution is 0.168. The molecule has 0 spiro atoms. The van der Waals surface area contributed by atoms with Crippen LogP contribution in [0.5, 0.6) is 0 Å². The number of hydrogen-bond donors (Lipinski definition) is 1. The van der Waals surface area contributed by atoms with E-state index >= 15 is 0 Å². The van der Waals surface area contributed by atoms with Crippen molar-refractivity contribution in [3.63, 3.8) is 0 Å². The molecule has 0 radical (unpaired) electrons. The van der Waals surface area contributed by atoms with Crippen LogP contribution in [0.2, 0.25) is 0 Å². The van der Waals surface area contributed by atoms with Gasteiger partial charge in [-0.3, -0.25) is 4.90 Å². The average molecular weight is 238 g/mol. The normalized spacial score (nSPS) is 22.6. The Hall–Kier alpha value is -0.0800. The van der Waals surface area contributed by atoms with Crippen molar-refractivity contribution in [2.75, 3.05) is 26.2 Å². The summed E-state index contributed by atoms with van der Waals surface area (Å²) in [6.45, 7) is 9.93. The molecule has 0 aromatic heterocycles. The zero-order valence-corrected chi connectivity index (χ0v) is 11.8. The van der Waals surface area contributed by atoms with Crippen molar-refractivity contribution in [1.82, 2.24) is 10.2 Å². The minimum Gasteiger partial charge on any atom is -0.317 e. The summed E-state index contributed by atoms with van der Waals surface area (Å²) in [6.07, 6.45) is 8.42. The van der Waals surface area contributed by atoms with Gasteiger partial charge in [-0.25, -0.2) is 0 Å². The van der Waals surface area contributed by atoms with Gasteiger partial charge in [0.1, 0.15) is 0 Å². The van der Waals surface area contributed by atoms with Gasteiger partial charge in [0.25, 0.3) is 0 Å². The van der Waals surface area contributed by atoms with Crippen molar-refractivity contribution in [2.24, 2.45) is 11.8 Å². The number of nitrogens with one attached hydrogen (secondary N) is 1. The summed E-state index contributed by atoms with van der Waals surface area (Å²) in [6, 6.07) is 0.950. The van der Waals surface area contributed by atoms with E-state index in [2.05, 4.69) is 24.1 Å². The molecule has 0 unspecified atom stereocenters. The molecule has 0 amide bonds. The number of rotatable bonds is 7. The van der Waals surface area contributed by atoms with Crippen LogP contribution >= 0.6 is 0 Å². The molecular weight excluding hydrogens is 208 g/mol. The van der Waals surface area contributed by atoms with Crippen molar-refractivity contribution in [1.29, 1.82) is 0 Å². The zero-order valence-electron chi connectivity index (χ0n) is 11.8. The van der Waals surface area contributed by atoms with E-state index in [-0.39, 0.29) is 0 Å². The molecule has 1 N–H and O–H groups in total. The summed E-state index contributed by atoms with van der Waals surface area (Å²) in [7, 11) is 0. The molecule has 2 fully saturated rings. The largest absolute Gasteiger partial charge is 0.317 e. The van der Waals surface area contributed by atoms with Gasteiger partial charge in [0.15, 0.2) is 0 Å². The lowest BCUT2D eigenvalue weighted by Gasteiger charge is -2.32. The van der Waals surface area contributed by atoms with Gasteiger partial charge in [-0.05, 0) is 50.6 Å². The maximum Gasteiger partial charge on any atom is 0.00966 e. The lowest BCUT2D eigenvalue weighted by Crippen LogP contribution is -2.39. The Morgan fingerprint density at radius 1 is 1.06 bits per heavy atom. The molecule has 1 saturated heterocycles. The van der Waals surface area contributed by atoms with Gasteiger partial charge in [0.05, 0.1) is 0 Å². The maximum absolute atomic E-state index is 3.48. The van der Waals surface area contributed by atoms with Gasteiger partial charge in [-0.15, -0.1) is 0 Å². The zero-order chi connectivity index (χ0) is 12.1. The highest BCUT2D eigenvalue weighted by Gasteiger charge is 2.31. The van der Waals surface area contributed by atoms with Gasteiger partial charge in [0.2, 0.25) is 0 Å². The molecule has 2 rings (SSSR count). The smallest absolute Gasteiger partial charge is 0.00966 e. The number of piperidine rings is 1. The van der Waals surface area contributed by atoms with Crippen LogP contribution in [0.15, 0.2) is 0 Å². The van der Waals surface area contributed by atoms with E-state index in [1.54, 1.807) is 0 Å². The molecule has 1 aliphatic heterocycles. The molecule has 1 aliphatic carbocycles.